The Labute approximate surface area is 96.1 Å². The van der Waals surface area contributed by atoms with Gasteiger partial charge in [-0.3, -0.25) is 0 Å². The molecule has 1 heterocycles. The third kappa shape index (κ3) is 3.05. The Balaban J connectivity index is 1.97. The van der Waals surface area contributed by atoms with Gasteiger partial charge in [-0.15, -0.1) is 5.10 Å². The van der Waals surface area contributed by atoms with Crippen molar-refractivity contribution in [3.05, 3.63) is 6.20 Å². The normalized spacial score (nSPS) is 16.7. The SMILES string of the molecule is CC(C)Nc1nncc(NC2CCCC2)n1. The third-order valence-corrected chi connectivity index (χ3v) is 2.68. The summed E-state index contributed by atoms with van der Waals surface area (Å²) in [6, 6.07) is 0.882. The summed E-state index contributed by atoms with van der Waals surface area (Å²) in [5.41, 5.74) is 0. The van der Waals surface area contributed by atoms with E-state index < -0.39 is 0 Å². The van der Waals surface area contributed by atoms with Gasteiger partial charge >= 0.3 is 0 Å². The molecule has 1 fully saturated rings. The molecule has 1 aliphatic carbocycles. The minimum Gasteiger partial charge on any atom is -0.366 e. The van der Waals surface area contributed by atoms with E-state index >= 15 is 0 Å². The van der Waals surface area contributed by atoms with Gasteiger partial charge < -0.3 is 10.6 Å². The van der Waals surface area contributed by atoms with E-state index in [1.807, 2.05) is 0 Å². The van der Waals surface area contributed by atoms with Crippen molar-refractivity contribution in [2.75, 3.05) is 10.6 Å². The number of rotatable bonds is 4. The fraction of sp³-hybridized carbons (Fsp3) is 0.727. The maximum Gasteiger partial charge on any atom is 0.244 e. The molecule has 0 atom stereocenters. The van der Waals surface area contributed by atoms with Gasteiger partial charge in [0.15, 0.2) is 5.82 Å². The van der Waals surface area contributed by atoms with Crippen LogP contribution >= 0.6 is 0 Å². The molecule has 0 aromatic carbocycles. The van der Waals surface area contributed by atoms with Crippen molar-refractivity contribution in [1.82, 2.24) is 15.2 Å². The van der Waals surface area contributed by atoms with Gasteiger partial charge in [0.25, 0.3) is 0 Å². The molecule has 0 bridgehead atoms. The fourth-order valence-corrected chi connectivity index (χ4v) is 1.97. The van der Waals surface area contributed by atoms with E-state index in [0.29, 0.717) is 18.0 Å². The van der Waals surface area contributed by atoms with Gasteiger partial charge in [0, 0.05) is 12.1 Å². The Morgan fingerprint density at radius 1 is 1.31 bits per heavy atom. The van der Waals surface area contributed by atoms with Gasteiger partial charge in [0.2, 0.25) is 5.95 Å². The molecule has 5 heteroatoms. The number of nitrogens with one attached hydrogen (secondary N) is 2. The predicted octanol–water partition coefficient (Wildman–Crippen LogP) is 2.05. The summed E-state index contributed by atoms with van der Waals surface area (Å²) >= 11 is 0. The van der Waals surface area contributed by atoms with Crippen LogP contribution in [0.4, 0.5) is 11.8 Å². The molecule has 5 nitrogen and oxygen atoms in total. The van der Waals surface area contributed by atoms with Crippen LogP contribution in [-0.4, -0.2) is 27.3 Å². The van der Waals surface area contributed by atoms with Crippen molar-refractivity contribution >= 4 is 11.8 Å². The van der Waals surface area contributed by atoms with Crippen molar-refractivity contribution in [2.45, 2.75) is 51.6 Å². The van der Waals surface area contributed by atoms with E-state index in [1.165, 1.54) is 25.7 Å². The topological polar surface area (TPSA) is 62.7 Å². The summed E-state index contributed by atoms with van der Waals surface area (Å²) in [5.74, 6) is 1.42. The summed E-state index contributed by atoms with van der Waals surface area (Å²) in [6.45, 7) is 4.11. The average molecular weight is 221 g/mol. The number of hydrogen-bond donors (Lipinski definition) is 2. The molecule has 0 spiro atoms. The van der Waals surface area contributed by atoms with Crippen molar-refractivity contribution in [1.29, 1.82) is 0 Å². The number of hydrogen-bond acceptors (Lipinski definition) is 5. The lowest BCUT2D eigenvalue weighted by molar-refractivity contribution is 0.745. The first-order valence-electron chi connectivity index (χ1n) is 5.97. The minimum atomic E-state index is 0.323. The van der Waals surface area contributed by atoms with E-state index in [9.17, 15) is 0 Å². The molecule has 0 unspecified atom stereocenters. The van der Waals surface area contributed by atoms with Gasteiger partial charge in [-0.25, -0.2) is 0 Å². The third-order valence-electron chi connectivity index (χ3n) is 2.68. The molecule has 0 saturated heterocycles. The highest BCUT2D eigenvalue weighted by atomic mass is 15.3. The molecule has 1 aromatic heterocycles. The van der Waals surface area contributed by atoms with Crippen LogP contribution in [0.15, 0.2) is 6.20 Å². The molecule has 88 valence electrons. The molecule has 0 aliphatic heterocycles. The second kappa shape index (κ2) is 5.09. The van der Waals surface area contributed by atoms with Crippen LogP contribution in [0.3, 0.4) is 0 Å². The zero-order valence-corrected chi connectivity index (χ0v) is 9.90. The maximum absolute atomic E-state index is 4.38. The van der Waals surface area contributed by atoms with Crippen LogP contribution in [0.2, 0.25) is 0 Å². The first kappa shape index (κ1) is 11.1. The second-order valence-electron chi connectivity index (χ2n) is 4.59. The Morgan fingerprint density at radius 2 is 2.06 bits per heavy atom. The molecule has 1 aliphatic rings. The smallest absolute Gasteiger partial charge is 0.244 e. The summed E-state index contributed by atoms with van der Waals surface area (Å²) in [5, 5.41) is 14.4. The van der Waals surface area contributed by atoms with Crippen molar-refractivity contribution in [3.63, 3.8) is 0 Å². The summed E-state index contributed by atoms with van der Waals surface area (Å²) in [7, 11) is 0. The van der Waals surface area contributed by atoms with Gasteiger partial charge in [0.05, 0.1) is 6.20 Å². The number of aromatic nitrogens is 3. The van der Waals surface area contributed by atoms with E-state index in [1.54, 1.807) is 6.20 Å². The van der Waals surface area contributed by atoms with E-state index in [4.69, 9.17) is 0 Å². The van der Waals surface area contributed by atoms with E-state index in [-0.39, 0.29) is 0 Å². The molecule has 2 rings (SSSR count). The maximum atomic E-state index is 4.38. The number of nitrogens with zero attached hydrogens (tertiary/aromatic N) is 3. The summed E-state index contributed by atoms with van der Waals surface area (Å²) in [4.78, 5) is 4.38. The highest BCUT2D eigenvalue weighted by Gasteiger charge is 2.15. The van der Waals surface area contributed by atoms with Gasteiger partial charge in [0.1, 0.15) is 0 Å². The van der Waals surface area contributed by atoms with Crippen molar-refractivity contribution in [3.8, 4) is 0 Å². The quantitative estimate of drug-likeness (QED) is 0.814. The lowest BCUT2D eigenvalue weighted by Crippen LogP contribution is -2.18. The Morgan fingerprint density at radius 3 is 2.75 bits per heavy atom. The van der Waals surface area contributed by atoms with Crippen molar-refractivity contribution in [2.24, 2.45) is 0 Å². The monoisotopic (exact) mass is 221 g/mol. The molecule has 0 amide bonds. The van der Waals surface area contributed by atoms with Gasteiger partial charge in [-0.1, -0.05) is 12.8 Å². The highest BCUT2D eigenvalue weighted by molar-refractivity contribution is 5.38. The van der Waals surface area contributed by atoms with Gasteiger partial charge in [-0.05, 0) is 26.7 Å². The molecular weight excluding hydrogens is 202 g/mol. The van der Waals surface area contributed by atoms with E-state index in [0.717, 1.165) is 5.82 Å². The first-order valence-corrected chi connectivity index (χ1v) is 5.97. The lowest BCUT2D eigenvalue weighted by atomic mass is 10.2. The molecule has 1 saturated carbocycles. The fourth-order valence-electron chi connectivity index (χ4n) is 1.97. The highest BCUT2D eigenvalue weighted by Crippen LogP contribution is 2.21. The molecular formula is C11H19N5. The second-order valence-corrected chi connectivity index (χ2v) is 4.59. The van der Waals surface area contributed by atoms with Crippen LogP contribution in [0.5, 0.6) is 0 Å². The van der Waals surface area contributed by atoms with Gasteiger partial charge in [-0.2, -0.15) is 10.1 Å². The van der Waals surface area contributed by atoms with Crippen molar-refractivity contribution < 1.29 is 0 Å². The Hall–Kier alpha value is -1.39. The molecule has 16 heavy (non-hydrogen) atoms. The van der Waals surface area contributed by atoms with Crippen LogP contribution < -0.4 is 10.6 Å². The Bertz CT molecular complexity index is 333. The summed E-state index contributed by atoms with van der Waals surface area (Å²) in [6.07, 6.45) is 6.78. The largest absolute Gasteiger partial charge is 0.366 e. The zero-order chi connectivity index (χ0) is 11.4. The van der Waals surface area contributed by atoms with Crippen LogP contribution in [0.25, 0.3) is 0 Å². The van der Waals surface area contributed by atoms with Crippen LogP contribution in [0.1, 0.15) is 39.5 Å². The zero-order valence-electron chi connectivity index (χ0n) is 9.90. The van der Waals surface area contributed by atoms with Crippen LogP contribution in [0, 0.1) is 0 Å². The lowest BCUT2D eigenvalue weighted by Gasteiger charge is -2.13. The number of anilines is 2. The standard InChI is InChI=1S/C11H19N5/c1-8(2)13-11-15-10(7-12-16-11)14-9-5-3-4-6-9/h7-9H,3-6H2,1-2H3,(H2,13,14,15,16). The van der Waals surface area contributed by atoms with E-state index in [2.05, 4.69) is 39.7 Å². The predicted molar refractivity (Wildman–Crippen MR) is 64.5 cm³/mol. The Kier molecular flexibility index (Phi) is 3.54. The first-order chi connectivity index (χ1) is 7.74. The average Bonchev–Trinajstić information content (AvgIpc) is 2.70. The molecule has 2 N–H and O–H groups in total. The summed E-state index contributed by atoms with van der Waals surface area (Å²) < 4.78 is 0. The molecule has 0 radical (unpaired) electrons. The van der Waals surface area contributed by atoms with Crippen LogP contribution in [-0.2, 0) is 0 Å². The minimum absolute atomic E-state index is 0.323. The molecule has 1 aromatic rings.